The van der Waals surface area contributed by atoms with Gasteiger partial charge in [-0.1, -0.05) is 13.3 Å². The number of rotatable bonds is 5. The number of hydrogen-bond donors (Lipinski definition) is 2. The number of nitrogens with zero attached hydrogens (tertiary/aromatic N) is 1. The summed E-state index contributed by atoms with van der Waals surface area (Å²) in [6.07, 6.45) is 3.55. The highest BCUT2D eigenvalue weighted by Gasteiger charge is 2.25. The van der Waals surface area contributed by atoms with Crippen LogP contribution >= 0.6 is 0 Å². The van der Waals surface area contributed by atoms with E-state index in [1.165, 1.54) is 0 Å². The van der Waals surface area contributed by atoms with E-state index in [0.717, 1.165) is 25.8 Å². The van der Waals surface area contributed by atoms with Crippen LogP contribution in [0.3, 0.4) is 0 Å². The molecule has 2 heterocycles. The smallest absolute Gasteiger partial charge is 0.237 e. The summed E-state index contributed by atoms with van der Waals surface area (Å²) >= 11 is 0. The Kier molecular flexibility index (Phi) is 6.45. The fraction of sp³-hybridized carbons (Fsp3) is 0.867. The fourth-order valence-corrected chi connectivity index (χ4v) is 2.95. The van der Waals surface area contributed by atoms with E-state index in [0.29, 0.717) is 45.2 Å². The second kappa shape index (κ2) is 8.34. The van der Waals surface area contributed by atoms with Crippen LogP contribution in [0.5, 0.6) is 0 Å². The first-order valence-electron chi connectivity index (χ1n) is 8.07. The third kappa shape index (κ3) is 4.97. The predicted molar refractivity (Wildman–Crippen MR) is 79.8 cm³/mol. The summed E-state index contributed by atoms with van der Waals surface area (Å²) in [6, 6.07) is -0.0952. The number of carbonyl (C=O) groups is 2. The van der Waals surface area contributed by atoms with Gasteiger partial charge in [-0.25, -0.2) is 0 Å². The van der Waals surface area contributed by atoms with Crippen molar-refractivity contribution in [3.05, 3.63) is 0 Å². The molecule has 0 aromatic rings. The van der Waals surface area contributed by atoms with E-state index in [9.17, 15) is 9.59 Å². The minimum Gasteiger partial charge on any atom is -0.378 e. The van der Waals surface area contributed by atoms with Crippen molar-refractivity contribution in [1.29, 1.82) is 0 Å². The Bertz CT molecular complexity index is 356. The Balaban J connectivity index is 1.65. The molecule has 2 saturated heterocycles. The van der Waals surface area contributed by atoms with Gasteiger partial charge in [0.25, 0.3) is 0 Å². The lowest BCUT2D eigenvalue weighted by Crippen LogP contribution is -2.49. The minimum absolute atomic E-state index is 0.0305. The molecule has 0 aliphatic carbocycles. The van der Waals surface area contributed by atoms with Gasteiger partial charge in [0.05, 0.1) is 19.3 Å². The summed E-state index contributed by atoms with van der Waals surface area (Å²) in [5, 5.41) is 6.15. The molecule has 2 N–H and O–H groups in total. The van der Waals surface area contributed by atoms with Gasteiger partial charge in [0, 0.05) is 26.1 Å². The van der Waals surface area contributed by atoms with Crippen LogP contribution in [0.4, 0.5) is 0 Å². The zero-order valence-corrected chi connectivity index (χ0v) is 12.9. The van der Waals surface area contributed by atoms with Crippen molar-refractivity contribution in [3.63, 3.8) is 0 Å². The maximum absolute atomic E-state index is 12.1. The van der Waals surface area contributed by atoms with Gasteiger partial charge in [-0.15, -0.1) is 0 Å². The number of hydrogen-bond acceptors (Lipinski definition) is 4. The lowest BCUT2D eigenvalue weighted by Gasteiger charge is -2.29. The molecular weight excluding hydrogens is 270 g/mol. The lowest BCUT2D eigenvalue weighted by molar-refractivity contribution is -0.135. The molecular formula is C15H27N3O3. The zero-order chi connectivity index (χ0) is 15.1. The summed E-state index contributed by atoms with van der Waals surface area (Å²) < 4.78 is 5.22. The molecule has 0 saturated carbocycles. The van der Waals surface area contributed by atoms with Gasteiger partial charge in [-0.3, -0.25) is 9.59 Å². The highest BCUT2D eigenvalue weighted by Crippen LogP contribution is 2.19. The second-order valence-corrected chi connectivity index (χ2v) is 5.84. The van der Waals surface area contributed by atoms with Crippen molar-refractivity contribution in [3.8, 4) is 0 Å². The summed E-state index contributed by atoms with van der Waals surface area (Å²) in [7, 11) is 0. The molecule has 6 heteroatoms. The van der Waals surface area contributed by atoms with Crippen LogP contribution in [-0.2, 0) is 14.3 Å². The Hall–Kier alpha value is -1.14. The van der Waals surface area contributed by atoms with E-state index >= 15 is 0 Å². The maximum atomic E-state index is 12.1. The number of morpholine rings is 1. The van der Waals surface area contributed by atoms with Gasteiger partial charge in [0.2, 0.25) is 11.8 Å². The van der Waals surface area contributed by atoms with Crippen molar-refractivity contribution in [1.82, 2.24) is 15.5 Å². The minimum atomic E-state index is -0.0952. The van der Waals surface area contributed by atoms with E-state index in [2.05, 4.69) is 17.6 Å². The third-order valence-electron chi connectivity index (χ3n) is 4.41. The van der Waals surface area contributed by atoms with Crippen molar-refractivity contribution in [2.75, 3.05) is 39.4 Å². The van der Waals surface area contributed by atoms with E-state index in [1.807, 2.05) is 4.90 Å². The Morgan fingerprint density at radius 3 is 2.81 bits per heavy atom. The van der Waals surface area contributed by atoms with Gasteiger partial charge in [0.1, 0.15) is 0 Å². The topological polar surface area (TPSA) is 70.7 Å². The monoisotopic (exact) mass is 297 g/mol. The van der Waals surface area contributed by atoms with Crippen molar-refractivity contribution < 1.29 is 14.3 Å². The van der Waals surface area contributed by atoms with Crippen molar-refractivity contribution >= 4 is 11.8 Å². The van der Waals surface area contributed by atoms with Crippen LogP contribution in [0, 0.1) is 5.92 Å². The molecule has 6 nitrogen and oxygen atoms in total. The molecule has 120 valence electrons. The molecule has 2 fully saturated rings. The van der Waals surface area contributed by atoms with Crippen LogP contribution in [0.2, 0.25) is 0 Å². The molecule has 2 atom stereocenters. The standard InChI is InChI=1S/C15H27N3O3/c1-2-12-3-5-16-13(11-12)15(20)17-6-4-14(19)18-7-9-21-10-8-18/h12-13,16H,2-11H2,1H3,(H,17,20). The molecule has 2 amide bonds. The van der Waals surface area contributed by atoms with Gasteiger partial charge in [-0.05, 0) is 25.3 Å². The molecule has 0 aromatic heterocycles. The SMILES string of the molecule is CCC1CCNC(C(=O)NCCC(=O)N2CCOCC2)C1. The first kappa shape index (κ1) is 16.2. The molecule has 21 heavy (non-hydrogen) atoms. The van der Waals surface area contributed by atoms with E-state index in [-0.39, 0.29) is 17.9 Å². The summed E-state index contributed by atoms with van der Waals surface area (Å²) in [6.45, 7) is 6.05. The predicted octanol–water partition coefficient (Wildman–Crippen LogP) is 0.130. The Morgan fingerprint density at radius 2 is 2.10 bits per heavy atom. The summed E-state index contributed by atoms with van der Waals surface area (Å²) in [5.74, 6) is 0.765. The first-order chi connectivity index (χ1) is 10.2. The molecule has 2 unspecified atom stereocenters. The molecule has 2 aliphatic rings. The highest BCUT2D eigenvalue weighted by molar-refractivity contribution is 5.83. The van der Waals surface area contributed by atoms with Gasteiger partial charge < -0.3 is 20.3 Å². The van der Waals surface area contributed by atoms with Gasteiger partial charge in [-0.2, -0.15) is 0 Å². The molecule has 0 bridgehead atoms. The maximum Gasteiger partial charge on any atom is 0.237 e. The molecule has 0 radical (unpaired) electrons. The zero-order valence-electron chi connectivity index (χ0n) is 12.9. The van der Waals surface area contributed by atoms with Gasteiger partial charge >= 0.3 is 0 Å². The number of carbonyl (C=O) groups excluding carboxylic acids is 2. The molecule has 2 rings (SSSR count). The first-order valence-corrected chi connectivity index (χ1v) is 8.07. The quantitative estimate of drug-likeness (QED) is 0.757. The number of amides is 2. The molecule has 0 spiro atoms. The Morgan fingerprint density at radius 1 is 1.33 bits per heavy atom. The fourth-order valence-electron chi connectivity index (χ4n) is 2.95. The summed E-state index contributed by atoms with van der Waals surface area (Å²) in [4.78, 5) is 25.9. The molecule has 2 aliphatic heterocycles. The van der Waals surface area contributed by atoms with E-state index in [4.69, 9.17) is 4.74 Å². The average Bonchev–Trinajstić information content (AvgIpc) is 2.55. The normalized spacial score (nSPS) is 26.4. The largest absolute Gasteiger partial charge is 0.378 e. The number of nitrogens with one attached hydrogen (secondary N) is 2. The highest BCUT2D eigenvalue weighted by atomic mass is 16.5. The third-order valence-corrected chi connectivity index (χ3v) is 4.41. The van der Waals surface area contributed by atoms with E-state index in [1.54, 1.807) is 0 Å². The van der Waals surface area contributed by atoms with Crippen LogP contribution in [0.1, 0.15) is 32.6 Å². The van der Waals surface area contributed by atoms with Crippen LogP contribution in [-0.4, -0.2) is 62.1 Å². The van der Waals surface area contributed by atoms with Crippen molar-refractivity contribution in [2.45, 2.75) is 38.6 Å². The van der Waals surface area contributed by atoms with E-state index < -0.39 is 0 Å². The molecule has 0 aromatic carbocycles. The second-order valence-electron chi connectivity index (χ2n) is 5.84. The van der Waals surface area contributed by atoms with Gasteiger partial charge in [0.15, 0.2) is 0 Å². The Labute approximate surface area is 126 Å². The lowest BCUT2D eigenvalue weighted by atomic mass is 9.90. The number of ether oxygens (including phenoxy) is 1. The number of piperidine rings is 1. The van der Waals surface area contributed by atoms with Crippen LogP contribution in [0.25, 0.3) is 0 Å². The van der Waals surface area contributed by atoms with Crippen molar-refractivity contribution in [2.24, 2.45) is 5.92 Å². The van der Waals surface area contributed by atoms with Crippen LogP contribution in [0.15, 0.2) is 0 Å². The summed E-state index contributed by atoms with van der Waals surface area (Å²) in [5.41, 5.74) is 0. The van der Waals surface area contributed by atoms with Crippen LogP contribution < -0.4 is 10.6 Å². The average molecular weight is 297 g/mol.